The maximum absolute atomic E-state index is 7.31. The second-order valence-corrected chi connectivity index (χ2v) is 23.4. The number of hydrogen-bond acceptors (Lipinski definition) is 10. The summed E-state index contributed by atoms with van der Waals surface area (Å²) in [6.45, 7) is 10.2. The summed E-state index contributed by atoms with van der Waals surface area (Å²) in [6.07, 6.45) is 7.46. The summed E-state index contributed by atoms with van der Waals surface area (Å²) in [4.78, 5) is 29.6. The number of benzene rings is 10. The van der Waals surface area contributed by atoms with E-state index in [0.717, 1.165) is 147 Å². The number of ether oxygens (including phenoxy) is 2. The van der Waals surface area contributed by atoms with Crippen LogP contribution in [0.2, 0.25) is 0 Å². The van der Waals surface area contributed by atoms with Crippen LogP contribution in [0.4, 0.5) is 56.9 Å². The van der Waals surface area contributed by atoms with Crippen molar-refractivity contribution in [3.8, 4) is 57.1 Å². The summed E-state index contributed by atoms with van der Waals surface area (Å²) in [5, 5.41) is 4.49. The van der Waals surface area contributed by atoms with E-state index in [1.54, 1.807) is 0 Å². The lowest BCUT2D eigenvalue weighted by Crippen LogP contribution is -2.27. The van der Waals surface area contributed by atoms with Crippen LogP contribution in [0.25, 0.3) is 77.8 Å². The summed E-state index contributed by atoms with van der Waals surface area (Å²) in [5.74, 6) is 4.33. The molecule has 0 fully saturated rings. The first kappa shape index (κ1) is 54.2. The summed E-state index contributed by atoms with van der Waals surface area (Å²) < 4.78 is 19.1. The molecule has 0 saturated carbocycles. The molecule has 2 aliphatic rings. The molecule has 0 aliphatic carbocycles. The van der Waals surface area contributed by atoms with Crippen molar-refractivity contribution in [1.82, 2.24) is 29.1 Å². The van der Waals surface area contributed by atoms with Crippen molar-refractivity contribution in [2.75, 3.05) is 32.7 Å². The second-order valence-electron chi connectivity index (χ2n) is 23.4. The van der Waals surface area contributed by atoms with Crippen LogP contribution < -0.4 is 29.1 Å². The lowest BCUT2D eigenvalue weighted by molar-refractivity contribution is 0.484. The highest BCUT2D eigenvalue weighted by Gasteiger charge is 2.33. The maximum Gasteiger partial charge on any atom is 0.152 e. The maximum atomic E-state index is 7.31. The third kappa shape index (κ3) is 8.89. The number of hydrogen-bond donors (Lipinski definition) is 0. The zero-order valence-corrected chi connectivity index (χ0v) is 51.1. The molecule has 12 heteroatoms. The Bertz CT molecular complexity index is 4990. The molecule has 0 bridgehead atoms. The van der Waals surface area contributed by atoms with Crippen LogP contribution in [0.1, 0.15) is 25.0 Å². The van der Waals surface area contributed by atoms with Crippen LogP contribution in [0.15, 0.2) is 267 Å². The van der Waals surface area contributed by atoms with E-state index in [2.05, 4.69) is 287 Å². The van der Waals surface area contributed by atoms with E-state index in [0.29, 0.717) is 34.4 Å². The van der Waals surface area contributed by atoms with Crippen molar-refractivity contribution < 1.29 is 9.47 Å². The molecule has 0 radical (unpaired) electrons. The average molecular weight is 1190 g/mol. The van der Waals surface area contributed by atoms with Crippen molar-refractivity contribution in [3.63, 3.8) is 0 Å². The minimum Gasteiger partial charge on any atom is -0.455 e. The fraction of sp³-hybridized carbons (Fsp3) is 0.0750. The van der Waals surface area contributed by atoms with Crippen LogP contribution in [0, 0.1) is 13.8 Å². The van der Waals surface area contributed by atoms with Crippen LogP contribution in [0.5, 0.6) is 23.0 Å². The lowest BCUT2D eigenvalue weighted by atomic mass is 10.0. The highest BCUT2D eigenvalue weighted by atomic mass is 16.5. The molecule has 17 rings (SSSR count). The standard InChI is InChI=1S/C80H60N10O2/c1-5-85-65-23-11-15-27-69(65)87(70-28-16-12-24-66(70)85)73-37-31-53(45-77(73)91-55-33-35-59-57-19-7-9-21-63(57)89(75(59)47-55)79-43-51(3)39-41-81-79)61-49-84-62(50-83-61)54-32-38-74(88-71-29-17-13-25-67(71)86(6-2)68-26-14-18-30-72(68)88)78(46-54)92-56-34-36-60-58-20-8-10-22-64(58)90(76(60)48-56)80-44-52(4)40-42-82-80/h7-50H,5-6H2,1-4H3. The Kier molecular flexibility index (Phi) is 12.9. The monoisotopic (exact) mass is 1190 g/mol. The Labute approximate surface area is 532 Å². The van der Waals surface area contributed by atoms with Gasteiger partial charge in [-0.25, -0.2) is 9.97 Å². The van der Waals surface area contributed by atoms with E-state index in [4.69, 9.17) is 29.4 Å². The molecule has 5 aromatic heterocycles. The Morgan fingerprint density at radius 1 is 0.315 bits per heavy atom. The van der Waals surface area contributed by atoms with E-state index in [1.807, 2.05) is 36.9 Å². The zero-order chi connectivity index (χ0) is 61.6. The van der Waals surface area contributed by atoms with E-state index in [-0.39, 0.29) is 0 Å². The molecule has 7 heterocycles. The van der Waals surface area contributed by atoms with E-state index in [1.165, 1.54) is 0 Å². The Hall–Kier alpha value is -12.0. The van der Waals surface area contributed by atoms with Gasteiger partial charge in [-0.05, 0) is 172 Å². The molecule has 12 nitrogen and oxygen atoms in total. The largest absolute Gasteiger partial charge is 0.455 e. The molecule has 15 aromatic rings. The van der Waals surface area contributed by atoms with E-state index in [9.17, 15) is 0 Å². The van der Waals surface area contributed by atoms with Crippen molar-refractivity contribution in [2.45, 2.75) is 27.7 Å². The molecular formula is C80H60N10O2. The zero-order valence-electron chi connectivity index (χ0n) is 51.1. The molecular weight excluding hydrogens is 1130 g/mol. The normalized spacial score (nSPS) is 12.6. The highest BCUT2D eigenvalue weighted by molar-refractivity contribution is 6.11. The number of pyridine rings is 2. The minimum atomic E-state index is 0.646. The number of para-hydroxylation sites is 10. The first-order valence-corrected chi connectivity index (χ1v) is 31.3. The van der Waals surface area contributed by atoms with Crippen LogP contribution >= 0.6 is 0 Å². The molecule has 2 aliphatic heterocycles. The van der Waals surface area contributed by atoms with E-state index < -0.39 is 0 Å². The summed E-state index contributed by atoms with van der Waals surface area (Å²) in [6, 6.07) is 85.1. The molecule has 0 atom stereocenters. The van der Waals surface area contributed by atoms with Crippen molar-refractivity contribution in [2.24, 2.45) is 0 Å². The van der Waals surface area contributed by atoms with Gasteiger partial charge < -0.3 is 29.1 Å². The third-order valence-electron chi connectivity index (χ3n) is 17.9. The van der Waals surface area contributed by atoms with Crippen LogP contribution in [-0.4, -0.2) is 42.2 Å². The number of aryl methyl sites for hydroxylation is 2. The smallest absolute Gasteiger partial charge is 0.152 e. The molecule has 0 spiro atoms. The minimum absolute atomic E-state index is 0.646. The Morgan fingerprint density at radius 2 is 0.674 bits per heavy atom. The van der Waals surface area contributed by atoms with Gasteiger partial charge in [0, 0.05) is 70.3 Å². The SMILES string of the molecule is CCN1c2ccccc2N(c2ccc(-c3cnc(-c4ccc(N5c6ccccc6N(CC)c6ccccc65)c(Oc5ccc6c7ccccc7n(-c7cc(C)ccn7)c6c5)c4)cn3)cc2Oc2ccc3c4ccccc4n(-c4cc(C)ccn4)c3c2)c2ccccc21. The van der Waals surface area contributed by atoms with E-state index >= 15 is 0 Å². The van der Waals surface area contributed by atoms with Gasteiger partial charge in [-0.3, -0.25) is 19.1 Å². The van der Waals surface area contributed by atoms with Crippen molar-refractivity contribution in [3.05, 3.63) is 279 Å². The first-order chi connectivity index (χ1) is 45.3. The summed E-state index contributed by atoms with van der Waals surface area (Å²) in [5.41, 5.74) is 19.8. The Morgan fingerprint density at radius 3 is 1.04 bits per heavy atom. The molecule has 442 valence electrons. The fourth-order valence-electron chi connectivity index (χ4n) is 13.8. The number of rotatable bonds is 12. The van der Waals surface area contributed by atoms with Gasteiger partial charge in [0.2, 0.25) is 0 Å². The van der Waals surface area contributed by atoms with Crippen LogP contribution in [-0.2, 0) is 0 Å². The fourth-order valence-corrected chi connectivity index (χ4v) is 13.8. The number of aromatic nitrogens is 6. The molecule has 0 N–H and O–H groups in total. The average Bonchev–Trinajstić information content (AvgIpc) is 1.34. The second kappa shape index (κ2) is 21.9. The van der Waals surface area contributed by atoms with Gasteiger partial charge >= 0.3 is 0 Å². The molecule has 92 heavy (non-hydrogen) atoms. The third-order valence-corrected chi connectivity index (χ3v) is 17.9. The summed E-state index contributed by atoms with van der Waals surface area (Å²) in [7, 11) is 0. The number of nitrogens with zero attached hydrogens (tertiary/aromatic N) is 10. The Balaban J connectivity index is 0.792. The van der Waals surface area contributed by atoms with Crippen molar-refractivity contribution >= 4 is 100 Å². The summed E-state index contributed by atoms with van der Waals surface area (Å²) >= 11 is 0. The van der Waals surface area contributed by atoms with Gasteiger partial charge in [0.15, 0.2) is 11.5 Å². The predicted molar refractivity (Wildman–Crippen MR) is 374 cm³/mol. The van der Waals surface area contributed by atoms with Gasteiger partial charge in [-0.15, -0.1) is 0 Å². The number of anilines is 10. The van der Waals surface area contributed by atoms with Gasteiger partial charge in [-0.2, -0.15) is 0 Å². The first-order valence-electron chi connectivity index (χ1n) is 31.3. The number of fused-ring (bicyclic) bond motifs is 10. The topological polar surface area (TPSA) is 92.8 Å². The van der Waals surface area contributed by atoms with Gasteiger partial charge in [0.05, 0.1) is 103 Å². The quantitative estimate of drug-likeness (QED) is 0.118. The predicted octanol–water partition coefficient (Wildman–Crippen LogP) is 20.9. The highest BCUT2D eigenvalue weighted by Crippen LogP contribution is 2.56. The van der Waals surface area contributed by atoms with Crippen molar-refractivity contribution in [1.29, 1.82) is 0 Å². The van der Waals surface area contributed by atoms with Gasteiger partial charge in [0.1, 0.15) is 23.1 Å². The molecule has 0 amide bonds. The van der Waals surface area contributed by atoms with Gasteiger partial charge in [0.25, 0.3) is 0 Å². The molecule has 0 saturated heterocycles. The van der Waals surface area contributed by atoms with Gasteiger partial charge in [-0.1, -0.05) is 97.1 Å². The lowest BCUT2D eigenvalue weighted by Gasteiger charge is -2.40. The molecule has 10 aromatic carbocycles. The van der Waals surface area contributed by atoms with Crippen LogP contribution in [0.3, 0.4) is 0 Å². The molecule has 0 unspecified atom stereocenters.